The van der Waals surface area contributed by atoms with Gasteiger partial charge in [0.2, 0.25) is 0 Å². The molecule has 1 aliphatic heterocycles. The third-order valence-electron chi connectivity index (χ3n) is 5.62. The van der Waals surface area contributed by atoms with E-state index in [0.29, 0.717) is 28.0 Å². The first-order valence-electron chi connectivity index (χ1n) is 10.6. The number of amides is 1. The zero-order valence-corrected chi connectivity index (χ0v) is 18.9. The van der Waals surface area contributed by atoms with Crippen LogP contribution in [0.2, 0.25) is 0 Å². The van der Waals surface area contributed by atoms with Crippen molar-refractivity contribution in [3.63, 3.8) is 0 Å². The number of hydrogen-bond acceptors (Lipinski definition) is 6. The molecule has 3 heterocycles. The Hall–Kier alpha value is -2.84. The molecule has 1 amide bonds. The average Bonchev–Trinajstić information content (AvgIpc) is 3.31. The van der Waals surface area contributed by atoms with Gasteiger partial charge >= 0.3 is 0 Å². The molecule has 1 saturated heterocycles. The summed E-state index contributed by atoms with van der Waals surface area (Å²) in [6, 6.07) is 9.56. The molecule has 0 spiro atoms. The zero-order valence-electron chi connectivity index (χ0n) is 18.1. The van der Waals surface area contributed by atoms with Crippen LogP contribution in [0.4, 0.5) is 5.13 Å². The molecule has 1 fully saturated rings. The number of Topliss-reactive ketones (excluding diaryl/α,β-unsaturated/α-hetero) is 1. The van der Waals surface area contributed by atoms with Gasteiger partial charge < -0.3 is 0 Å². The number of anilines is 1. The molecular weight excluding hydrogens is 410 g/mol. The number of piperidine rings is 1. The van der Waals surface area contributed by atoms with Gasteiger partial charge in [0.15, 0.2) is 5.13 Å². The van der Waals surface area contributed by atoms with Crippen molar-refractivity contribution < 1.29 is 9.59 Å². The number of thiazole rings is 1. The van der Waals surface area contributed by atoms with Gasteiger partial charge in [0.25, 0.3) is 11.7 Å². The number of para-hydroxylation sites is 1. The number of nitrogens with one attached hydrogen (secondary N) is 1. The number of aryl methyl sites for hydroxylation is 1. The maximum atomic E-state index is 12.9. The summed E-state index contributed by atoms with van der Waals surface area (Å²) in [5.41, 5.74) is 3.27. The fraction of sp³-hybridized carbons (Fsp3) is 0.391. The van der Waals surface area contributed by atoms with Crippen molar-refractivity contribution >= 4 is 28.2 Å². The van der Waals surface area contributed by atoms with E-state index in [2.05, 4.69) is 27.2 Å². The molecule has 7 nitrogen and oxygen atoms in total. The third-order valence-corrected chi connectivity index (χ3v) is 6.43. The highest BCUT2D eigenvalue weighted by Crippen LogP contribution is 2.22. The van der Waals surface area contributed by atoms with Crippen LogP contribution >= 0.6 is 11.3 Å². The number of aromatic nitrogens is 3. The van der Waals surface area contributed by atoms with Crippen molar-refractivity contribution in [1.82, 2.24) is 19.7 Å². The molecule has 0 bridgehead atoms. The highest BCUT2D eigenvalue weighted by molar-refractivity contribution is 7.14. The summed E-state index contributed by atoms with van der Waals surface area (Å²) in [5, 5.41) is 9.53. The van der Waals surface area contributed by atoms with Crippen molar-refractivity contribution in [3.05, 3.63) is 58.4 Å². The lowest BCUT2D eigenvalue weighted by molar-refractivity contribution is -0.112. The number of hydrogen-bond donors (Lipinski definition) is 1. The maximum Gasteiger partial charge on any atom is 0.298 e. The van der Waals surface area contributed by atoms with Crippen molar-refractivity contribution in [2.75, 3.05) is 18.4 Å². The first kappa shape index (κ1) is 21.4. The topological polar surface area (TPSA) is 80.1 Å². The Morgan fingerprint density at radius 1 is 1.23 bits per heavy atom. The van der Waals surface area contributed by atoms with Crippen molar-refractivity contribution in [3.8, 4) is 5.69 Å². The van der Waals surface area contributed by atoms with Crippen LogP contribution in [0.5, 0.6) is 0 Å². The number of benzene rings is 1. The van der Waals surface area contributed by atoms with Gasteiger partial charge in [0, 0.05) is 18.5 Å². The molecule has 31 heavy (non-hydrogen) atoms. The van der Waals surface area contributed by atoms with Crippen LogP contribution in [0, 0.1) is 19.8 Å². The van der Waals surface area contributed by atoms with E-state index in [-0.39, 0.29) is 0 Å². The minimum atomic E-state index is -0.689. The molecule has 0 saturated carbocycles. The van der Waals surface area contributed by atoms with Crippen molar-refractivity contribution in [2.24, 2.45) is 5.92 Å². The second-order valence-electron chi connectivity index (χ2n) is 8.20. The van der Waals surface area contributed by atoms with Crippen molar-refractivity contribution in [2.45, 2.75) is 40.2 Å². The lowest BCUT2D eigenvalue weighted by Crippen LogP contribution is -2.33. The Bertz CT molecular complexity index is 1090. The fourth-order valence-electron chi connectivity index (χ4n) is 4.16. The molecule has 0 radical (unpaired) electrons. The van der Waals surface area contributed by atoms with Crippen LogP contribution < -0.4 is 5.32 Å². The minimum absolute atomic E-state index is 0.334. The molecule has 3 aromatic rings. The smallest absolute Gasteiger partial charge is 0.297 e. The summed E-state index contributed by atoms with van der Waals surface area (Å²) in [7, 11) is 0. The minimum Gasteiger partial charge on any atom is -0.297 e. The molecule has 4 rings (SSSR count). The van der Waals surface area contributed by atoms with Crippen LogP contribution in [0.25, 0.3) is 5.69 Å². The quantitative estimate of drug-likeness (QED) is 0.466. The maximum absolute atomic E-state index is 12.9. The average molecular weight is 438 g/mol. The van der Waals surface area contributed by atoms with Gasteiger partial charge in [-0.3, -0.25) is 19.8 Å². The SMILES string of the molecule is Cc1nn(-c2ccccc2)c(C)c1C(=O)C(=O)Nc1nc(CN2CCC[C@H](C)C2)cs1. The number of nitrogens with zero attached hydrogens (tertiary/aromatic N) is 4. The van der Waals surface area contributed by atoms with Gasteiger partial charge in [0.1, 0.15) is 0 Å². The Labute approximate surface area is 186 Å². The molecule has 0 aliphatic carbocycles. The summed E-state index contributed by atoms with van der Waals surface area (Å²) in [4.78, 5) is 32.5. The summed E-state index contributed by atoms with van der Waals surface area (Å²) < 4.78 is 1.69. The number of likely N-dealkylation sites (tertiary alicyclic amines) is 1. The predicted octanol–water partition coefficient (Wildman–Crippen LogP) is 4.00. The number of rotatable bonds is 6. The van der Waals surface area contributed by atoms with E-state index in [1.807, 2.05) is 35.7 Å². The molecule has 0 unspecified atom stereocenters. The van der Waals surface area contributed by atoms with Crippen LogP contribution in [0.15, 0.2) is 35.7 Å². The summed E-state index contributed by atoms with van der Waals surface area (Å²) in [6.45, 7) is 8.73. The second kappa shape index (κ2) is 9.11. The van der Waals surface area contributed by atoms with E-state index in [9.17, 15) is 9.59 Å². The Morgan fingerprint density at radius 2 is 2.00 bits per heavy atom. The van der Waals surface area contributed by atoms with Crippen LogP contribution in [0.1, 0.15) is 47.2 Å². The Morgan fingerprint density at radius 3 is 2.74 bits per heavy atom. The lowest BCUT2D eigenvalue weighted by Gasteiger charge is -2.30. The first-order valence-corrected chi connectivity index (χ1v) is 11.4. The highest BCUT2D eigenvalue weighted by atomic mass is 32.1. The Kier molecular flexibility index (Phi) is 6.29. The summed E-state index contributed by atoms with van der Waals surface area (Å²) >= 11 is 1.35. The van der Waals surface area contributed by atoms with Gasteiger partial charge in [-0.15, -0.1) is 11.3 Å². The van der Waals surface area contributed by atoms with Crippen LogP contribution in [-0.4, -0.2) is 44.4 Å². The largest absolute Gasteiger partial charge is 0.298 e. The van der Waals surface area contributed by atoms with E-state index in [4.69, 9.17) is 0 Å². The monoisotopic (exact) mass is 437 g/mol. The van der Waals surface area contributed by atoms with Crippen molar-refractivity contribution in [1.29, 1.82) is 0 Å². The van der Waals surface area contributed by atoms with E-state index in [1.54, 1.807) is 18.5 Å². The standard InChI is InChI=1S/C23H27N5O2S/c1-15-8-7-11-27(12-15)13-18-14-31-23(24-18)25-22(30)21(29)20-16(2)26-28(17(20)3)19-9-5-4-6-10-19/h4-6,9-10,14-15H,7-8,11-13H2,1-3H3,(H,24,25,30)/t15-/m0/s1. The normalized spacial score (nSPS) is 16.9. The zero-order chi connectivity index (χ0) is 22.0. The summed E-state index contributed by atoms with van der Waals surface area (Å²) in [6.07, 6.45) is 2.48. The fourth-order valence-corrected chi connectivity index (χ4v) is 4.85. The van der Waals surface area contributed by atoms with Crippen LogP contribution in [0.3, 0.4) is 0 Å². The molecule has 1 N–H and O–H groups in total. The molecule has 2 aromatic heterocycles. The van der Waals surface area contributed by atoms with E-state index in [1.165, 1.54) is 24.2 Å². The number of carbonyl (C=O) groups is 2. The lowest BCUT2D eigenvalue weighted by atomic mass is 10.0. The molecule has 8 heteroatoms. The number of ketones is 1. The van der Waals surface area contributed by atoms with Gasteiger partial charge in [0.05, 0.1) is 28.3 Å². The summed E-state index contributed by atoms with van der Waals surface area (Å²) in [5.74, 6) is -0.586. The Balaban J connectivity index is 1.44. The highest BCUT2D eigenvalue weighted by Gasteiger charge is 2.26. The molecule has 1 atom stereocenters. The van der Waals surface area contributed by atoms with Gasteiger partial charge in [-0.05, 0) is 51.3 Å². The number of carbonyl (C=O) groups excluding carboxylic acids is 2. The van der Waals surface area contributed by atoms with Gasteiger partial charge in [-0.25, -0.2) is 9.67 Å². The molecule has 1 aromatic carbocycles. The van der Waals surface area contributed by atoms with E-state index >= 15 is 0 Å². The van der Waals surface area contributed by atoms with Gasteiger partial charge in [-0.1, -0.05) is 25.1 Å². The predicted molar refractivity (Wildman–Crippen MR) is 122 cm³/mol. The van der Waals surface area contributed by atoms with Crippen LogP contribution in [-0.2, 0) is 11.3 Å². The second-order valence-corrected chi connectivity index (χ2v) is 9.06. The van der Waals surface area contributed by atoms with E-state index in [0.717, 1.165) is 31.0 Å². The van der Waals surface area contributed by atoms with Gasteiger partial charge in [-0.2, -0.15) is 5.10 Å². The molecule has 162 valence electrons. The molecular formula is C23H27N5O2S. The first-order chi connectivity index (χ1) is 14.9. The third kappa shape index (κ3) is 4.75. The van der Waals surface area contributed by atoms with E-state index < -0.39 is 11.7 Å². The molecule has 1 aliphatic rings.